The molecule has 0 radical (unpaired) electrons. The first-order valence-corrected chi connectivity index (χ1v) is 15.2. The summed E-state index contributed by atoms with van der Waals surface area (Å²) in [4.78, 5) is 36.0. The Morgan fingerprint density at radius 2 is 1.60 bits per heavy atom. The Labute approximate surface area is 239 Å². The van der Waals surface area contributed by atoms with Crippen LogP contribution in [0, 0.1) is 0 Å². The number of thioether (sulfide) groups is 1. The molecule has 1 atom stereocenters. The Morgan fingerprint density at radius 3 is 2.45 bits per heavy atom. The van der Waals surface area contributed by atoms with Crippen LogP contribution in [0.5, 0.6) is 0 Å². The van der Waals surface area contributed by atoms with Gasteiger partial charge in [-0.3, -0.25) is 9.59 Å². The van der Waals surface area contributed by atoms with Crippen LogP contribution in [0.2, 0.25) is 0 Å². The van der Waals surface area contributed by atoms with Gasteiger partial charge in [-0.1, -0.05) is 72.4 Å². The van der Waals surface area contributed by atoms with Gasteiger partial charge in [-0.2, -0.15) is 0 Å². The maximum atomic E-state index is 13.4. The van der Waals surface area contributed by atoms with E-state index in [4.69, 9.17) is 4.98 Å². The Morgan fingerprint density at radius 1 is 0.850 bits per heavy atom. The van der Waals surface area contributed by atoms with E-state index in [0.717, 1.165) is 65.6 Å². The van der Waals surface area contributed by atoms with Crippen LogP contribution < -0.4 is 5.32 Å². The van der Waals surface area contributed by atoms with Crippen molar-refractivity contribution in [1.29, 1.82) is 0 Å². The monoisotopic (exact) mass is 553 g/mol. The van der Waals surface area contributed by atoms with E-state index in [9.17, 15) is 9.59 Å². The first kappa shape index (κ1) is 26.6. The van der Waals surface area contributed by atoms with Crippen molar-refractivity contribution in [2.45, 2.75) is 43.4 Å². The van der Waals surface area contributed by atoms with Crippen molar-refractivity contribution in [3.8, 4) is 11.1 Å². The average molecular weight is 554 g/mol. The quantitative estimate of drug-likeness (QED) is 0.277. The van der Waals surface area contributed by atoms with Gasteiger partial charge < -0.3 is 19.7 Å². The summed E-state index contributed by atoms with van der Waals surface area (Å²) in [5.74, 6) is 0.117. The van der Waals surface area contributed by atoms with E-state index in [-0.39, 0.29) is 17.6 Å². The van der Waals surface area contributed by atoms with Crippen molar-refractivity contribution in [3.05, 3.63) is 78.9 Å². The minimum absolute atomic E-state index is 0.0165. The molecule has 1 aromatic heterocycles. The van der Waals surface area contributed by atoms with E-state index in [0.29, 0.717) is 13.0 Å². The molecule has 8 heteroatoms. The molecule has 0 unspecified atom stereocenters. The number of anilines is 1. The number of para-hydroxylation sites is 3. The molecule has 2 fully saturated rings. The van der Waals surface area contributed by atoms with Crippen molar-refractivity contribution >= 4 is 40.3 Å². The number of benzene rings is 3. The number of carbonyl (C=O) groups excluding carboxylic acids is 2. The number of imidazole rings is 1. The molecule has 4 aromatic rings. The van der Waals surface area contributed by atoms with Crippen molar-refractivity contribution in [2.24, 2.45) is 0 Å². The number of hydrogen-bond acceptors (Lipinski definition) is 5. The van der Waals surface area contributed by atoms with Crippen LogP contribution in [0.15, 0.2) is 84.0 Å². The molecule has 2 saturated heterocycles. The average Bonchev–Trinajstić information content (AvgIpc) is 3.76. The number of aromatic nitrogens is 2. The van der Waals surface area contributed by atoms with Crippen molar-refractivity contribution in [1.82, 2.24) is 19.4 Å². The van der Waals surface area contributed by atoms with Crippen LogP contribution in [0.25, 0.3) is 22.2 Å². The minimum Gasteiger partial charge on any atom is -0.330 e. The van der Waals surface area contributed by atoms with Gasteiger partial charge in [-0.25, -0.2) is 4.98 Å². The SMILES string of the molecule is O=C(Nc1ccccc1-c1ccccc1)[C@@H]1CCCN1C(=O)CSc1nc2ccccc2n1CCN1CCCC1. The van der Waals surface area contributed by atoms with Gasteiger partial charge in [0.15, 0.2) is 5.16 Å². The number of likely N-dealkylation sites (tertiary alicyclic amines) is 2. The molecule has 1 N–H and O–H groups in total. The van der Waals surface area contributed by atoms with E-state index in [1.807, 2.05) is 72.8 Å². The standard InChI is InChI=1S/C32H35N5O2S/c38-30(23-40-32-34-27-15-6-7-16-28(27)37(32)22-21-35-18-8-9-19-35)36-20-10-17-29(36)31(39)33-26-14-5-4-13-25(26)24-11-2-1-3-12-24/h1-7,11-16,29H,8-10,17-23H2,(H,33,39)/t29-/m0/s1. The molecule has 0 bridgehead atoms. The van der Waals surface area contributed by atoms with Crippen LogP contribution in [0.4, 0.5) is 5.69 Å². The zero-order chi connectivity index (χ0) is 27.3. The summed E-state index contributed by atoms with van der Waals surface area (Å²) in [7, 11) is 0. The number of carbonyl (C=O) groups is 2. The summed E-state index contributed by atoms with van der Waals surface area (Å²) in [5, 5.41) is 3.99. The van der Waals surface area contributed by atoms with E-state index < -0.39 is 6.04 Å². The molecular formula is C32H35N5O2S. The highest BCUT2D eigenvalue weighted by molar-refractivity contribution is 7.99. The van der Waals surface area contributed by atoms with E-state index in [1.165, 1.54) is 24.6 Å². The molecule has 0 aliphatic carbocycles. The molecular weight excluding hydrogens is 518 g/mol. The summed E-state index contributed by atoms with van der Waals surface area (Å²) >= 11 is 1.48. The van der Waals surface area contributed by atoms with E-state index in [2.05, 4.69) is 20.9 Å². The normalized spacial score (nSPS) is 17.5. The fraction of sp³-hybridized carbons (Fsp3) is 0.344. The first-order chi connectivity index (χ1) is 19.7. The van der Waals surface area contributed by atoms with Gasteiger partial charge in [0.05, 0.1) is 16.8 Å². The zero-order valence-electron chi connectivity index (χ0n) is 22.7. The Bertz CT molecular complexity index is 1480. The molecule has 2 aliphatic heterocycles. The molecule has 6 rings (SSSR count). The second-order valence-corrected chi connectivity index (χ2v) is 11.5. The second kappa shape index (κ2) is 12.3. The molecule has 2 amide bonds. The number of nitrogens with zero attached hydrogens (tertiary/aromatic N) is 4. The first-order valence-electron chi connectivity index (χ1n) is 14.2. The summed E-state index contributed by atoms with van der Waals surface area (Å²) in [6.07, 6.45) is 4.03. The molecule has 40 heavy (non-hydrogen) atoms. The zero-order valence-corrected chi connectivity index (χ0v) is 23.5. The topological polar surface area (TPSA) is 70.5 Å². The van der Waals surface area contributed by atoms with Crippen LogP contribution in [-0.4, -0.2) is 69.1 Å². The summed E-state index contributed by atoms with van der Waals surface area (Å²) in [6, 6.07) is 25.6. The highest BCUT2D eigenvalue weighted by atomic mass is 32.2. The number of rotatable bonds is 9. The van der Waals surface area contributed by atoms with Gasteiger partial charge in [0.2, 0.25) is 11.8 Å². The van der Waals surface area contributed by atoms with Crippen LogP contribution in [0.3, 0.4) is 0 Å². The predicted octanol–water partition coefficient (Wildman–Crippen LogP) is 5.52. The van der Waals surface area contributed by atoms with Gasteiger partial charge in [-0.05, 0) is 62.5 Å². The summed E-state index contributed by atoms with van der Waals surface area (Å²) in [6.45, 7) is 4.75. The highest BCUT2D eigenvalue weighted by Crippen LogP contribution is 2.30. The molecule has 2 aliphatic rings. The molecule has 206 valence electrons. The molecule has 0 saturated carbocycles. The molecule has 3 heterocycles. The number of hydrogen-bond donors (Lipinski definition) is 1. The number of nitrogens with one attached hydrogen (secondary N) is 1. The van der Waals surface area contributed by atoms with Gasteiger partial charge in [0, 0.05) is 30.9 Å². The fourth-order valence-corrected chi connectivity index (χ4v) is 6.78. The smallest absolute Gasteiger partial charge is 0.247 e. The van der Waals surface area contributed by atoms with Gasteiger partial charge in [0.25, 0.3) is 0 Å². The van der Waals surface area contributed by atoms with E-state index in [1.54, 1.807) is 4.90 Å². The van der Waals surface area contributed by atoms with Crippen molar-refractivity contribution in [3.63, 3.8) is 0 Å². The second-order valence-electron chi connectivity index (χ2n) is 10.5. The third kappa shape index (κ3) is 5.78. The Balaban J connectivity index is 1.13. The van der Waals surface area contributed by atoms with Crippen LogP contribution in [-0.2, 0) is 16.1 Å². The minimum atomic E-state index is -0.467. The lowest BCUT2D eigenvalue weighted by Gasteiger charge is -2.24. The van der Waals surface area contributed by atoms with Crippen LogP contribution in [0.1, 0.15) is 25.7 Å². The fourth-order valence-electron chi connectivity index (χ4n) is 5.85. The lowest BCUT2D eigenvalue weighted by atomic mass is 10.0. The predicted molar refractivity (Wildman–Crippen MR) is 161 cm³/mol. The number of amides is 2. The molecule has 3 aromatic carbocycles. The van der Waals surface area contributed by atoms with E-state index >= 15 is 0 Å². The number of fused-ring (bicyclic) bond motifs is 1. The third-order valence-corrected chi connectivity index (χ3v) is 8.89. The van der Waals surface area contributed by atoms with Crippen molar-refractivity contribution < 1.29 is 9.59 Å². The van der Waals surface area contributed by atoms with Gasteiger partial charge >= 0.3 is 0 Å². The summed E-state index contributed by atoms with van der Waals surface area (Å²) < 4.78 is 2.25. The lowest BCUT2D eigenvalue weighted by molar-refractivity contribution is -0.134. The Kier molecular flexibility index (Phi) is 8.16. The highest BCUT2D eigenvalue weighted by Gasteiger charge is 2.34. The molecule has 0 spiro atoms. The van der Waals surface area contributed by atoms with Gasteiger partial charge in [0.1, 0.15) is 6.04 Å². The lowest BCUT2D eigenvalue weighted by Crippen LogP contribution is -2.44. The maximum absolute atomic E-state index is 13.4. The van der Waals surface area contributed by atoms with Crippen LogP contribution >= 0.6 is 11.8 Å². The van der Waals surface area contributed by atoms with Crippen molar-refractivity contribution in [2.75, 3.05) is 37.2 Å². The largest absolute Gasteiger partial charge is 0.330 e. The van der Waals surface area contributed by atoms with Gasteiger partial charge in [-0.15, -0.1) is 0 Å². The summed E-state index contributed by atoms with van der Waals surface area (Å²) in [5.41, 5.74) is 4.83. The third-order valence-electron chi connectivity index (χ3n) is 7.93. The molecule has 7 nitrogen and oxygen atoms in total. The maximum Gasteiger partial charge on any atom is 0.247 e. The Hall–Kier alpha value is -3.62.